The smallest absolute Gasteiger partial charge is 0.331 e. The molecule has 0 fully saturated rings. The molecule has 0 amide bonds. The molecule has 0 heterocycles. The van der Waals surface area contributed by atoms with E-state index in [2.05, 4.69) is 6.58 Å². The van der Waals surface area contributed by atoms with Gasteiger partial charge in [-0.05, 0) is 13.3 Å². The molecule has 0 aliphatic rings. The summed E-state index contributed by atoms with van der Waals surface area (Å²) in [5, 5.41) is 17.2. The van der Waals surface area contributed by atoms with Gasteiger partial charge in [0.1, 0.15) is 0 Å². The maximum absolute atomic E-state index is 10.6. The van der Waals surface area contributed by atoms with Crippen LogP contribution in [0.25, 0.3) is 0 Å². The van der Waals surface area contributed by atoms with E-state index < -0.39 is 17.9 Å². The van der Waals surface area contributed by atoms with Crippen LogP contribution in [-0.4, -0.2) is 22.2 Å². The Morgan fingerprint density at radius 2 is 2.00 bits per heavy atom. The van der Waals surface area contributed by atoms with E-state index in [0.29, 0.717) is 0 Å². The van der Waals surface area contributed by atoms with Gasteiger partial charge in [0.25, 0.3) is 0 Å². The number of carboxylic acid groups (broad SMARTS) is 2. The molecule has 0 aromatic rings. The van der Waals surface area contributed by atoms with Crippen molar-refractivity contribution in [2.24, 2.45) is 5.92 Å². The van der Waals surface area contributed by atoms with Gasteiger partial charge in [-0.25, -0.2) is 4.79 Å². The van der Waals surface area contributed by atoms with Crippen molar-refractivity contribution in [3.63, 3.8) is 0 Å². The van der Waals surface area contributed by atoms with Gasteiger partial charge in [-0.1, -0.05) is 18.7 Å². The Bertz CT molecular complexity index is 252. The lowest BCUT2D eigenvalue weighted by atomic mass is 9.97. The molecule has 4 nitrogen and oxygen atoms in total. The van der Waals surface area contributed by atoms with Crippen molar-refractivity contribution in [3.8, 4) is 0 Å². The second kappa shape index (κ2) is 5.13. The summed E-state index contributed by atoms with van der Waals surface area (Å²) >= 11 is 0. The molecular weight excluding hydrogens is 172 g/mol. The highest BCUT2D eigenvalue weighted by atomic mass is 16.4. The van der Waals surface area contributed by atoms with Gasteiger partial charge in [0, 0.05) is 5.57 Å². The molecule has 1 unspecified atom stereocenters. The van der Waals surface area contributed by atoms with Crippen molar-refractivity contribution >= 4 is 11.9 Å². The standard InChI is InChI=1S/C9H12O4/c1-3-4-5-7(9(12)13)6(2)8(10)11/h3-4,7H,2,5H2,1H3,(H,10,11)(H,12,13). The van der Waals surface area contributed by atoms with Crippen LogP contribution in [0.15, 0.2) is 24.3 Å². The van der Waals surface area contributed by atoms with Gasteiger partial charge in [0.05, 0.1) is 5.92 Å². The number of rotatable bonds is 5. The molecule has 0 aromatic heterocycles. The number of carboxylic acids is 2. The number of aliphatic carboxylic acids is 2. The van der Waals surface area contributed by atoms with E-state index >= 15 is 0 Å². The zero-order valence-corrected chi connectivity index (χ0v) is 7.36. The van der Waals surface area contributed by atoms with Crippen LogP contribution in [-0.2, 0) is 9.59 Å². The number of allylic oxidation sites excluding steroid dienone is 2. The Balaban J connectivity index is 4.51. The van der Waals surface area contributed by atoms with E-state index in [1.165, 1.54) is 0 Å². The highest BCUT2D eigenvalue weighted by Crippen LogP contribution is 2.14. The van der Waals surface area contributed by atoms with Gasteiger partial charge in [-0.3, -0.25) is 4.79 Å². The average Bonchev–Trinajstić information content (AvgIpc) is 2.04. The van der Waals surface area contributed by atoms with Crippen molar-refractivity contribution in [1.29, 1.82) is 0 Å². The summed E-state index contributed by atoms with van der Waals surface area (Å²) < 4.78 is 0. The van der Waals surface area contributed by atoms with Gasteiger partial charge in [-0.15, -0.1) is 0 Å². The molecule has 2 N–H and O–H groups in total. The molecular formula is C9H12O4. The Morgan fingerprint density at radius 1 is 1.46 bits per heavy atom. The molecule has 0 spiro atoms. The molecule has 1 atom stereocenters. The van der Waals surface area contributed by atoms with E-state index in [-0.39, 0.29) is 12.0 Å². The first-order valence-electron chi connectivity index (χ1n) is 3.76. The predicted molar refractivity (Wildman–Crippen MR) is 47.3 cm³/mol. The van der Waals surface area contributed by atoms with E-state index in [0.717, 1.165) is 0 Å². The molecule has 0 radical (unpaired) electrons. The quantitative estimate of drug-likeness (QED) is 0.498. The van der Waals surface area contributed by atoms with Crippen LogP contribution < -0.4 is 0 Å². The molecule has 0 rings (SSSR count). The number of hydrogen-bond donors (Lipinski definition) is 2. The summed E-state index contributed by atoms with van der Waals surface area (Å²) in [7, 11) is 0. The fourth-order valence-corrected chi connectivity index (χ4v) is 0.813. The zero-order valence-electron chi connectivity index (χ0n) is 7.36. The van der Waals surface area contributed by atoms with Crippen LogP contribution in [0.5, 0.6) is 0 Å². The van der Waals surface area contributed by atoms with Crippen molar-refractivity contribution in [2.75, 3.05) is 0 Å². The molecule has 72 valence electrons. The summed E-state index contributed by atoms with van der Waals surface area (Å²) in [6, 6.07) is 0. The largest absolute Gasteiger partial charge is 0.481 e. The molecule has 0 saturated carbocycles. The van der Waals surface area contributed by atoms with E-state index in [1.54, 1.807) is 19.1 Å². The minimum absolute atomic E-state index is 0.164. The summed E-state index contributed by atoms with van der Waals surface area (Å²) in [6.07, 6.45) is 3.44. The molecule has 0 aromatic carbocycles. The van der Waals surface area contributed by atoms with E-state index in [4.69, 9.17) is 10.2 Å². The van der Waals surface area contributed by atoms with Crippen LogP contribution in [0.2, 0.25) is 0 Å². The maximum Gasteiger partial charge on any atom is 0.331 e. The first kappa shape index (κ1) is 11.4. The van der Waals surface area contributed by atoms with Gasteiger partial charge >= 0.3 is 11.9 Å². The second-order valence-corrected chi connectivity index (χ2v) is 2.53. The topological polar surface area (TPSA) is 74.6 Å². The summed E-state index contributed by atoms with van der Waals surface area (Å²) in [4.78, 5) is 21.0. The number of hydrogen-bond acceptors (Lipinski definition) is 2. The SMILES string of the molecule is C=C(C(=O)O)C(CC=CC)C(=O)O. The third-order valence-corrected chi connectivity index (χ3v) is 1.60. The molecule has 4 heteroatoms. The van der Waals surface area contributed by atoms with Crippen molar-refractivity contribution in [2.45, 2.75) is 13.3 Å². The fourth-order valence-electron chi connectivity index (χ4n) is 0.813. The molecule has 0 aliphatic carbocycles. The van der Waals surface area contributed by atoms with E-state index in [9.17, 15) is 9.59 Å². The summed E-state index contributed by atoms with van der Waals surface area (Å²) in [5.74, 6) is -3.46. The first-order valence-corrected chi connectivity index (χ1v) is 3.76. The first-order chi connectivity index (χ1) is 6.00. The molecule has 0 bridgehead atoms. The zero-order chi connectivity index (χ0) is 10.4. The second-order valence-electron chi connectivity index (χ2n) is 2.53. The predicted octanol–water partition coefficient (Wildman–Crippen LogP) is 1.29. The van der Waals surface area contributed by atoms with Crippen molar-refractivity contribution < 1.29 is 19.8 Å². The van der Waals surface area contributed by atoms with Gasteiger partial charge < -0.3 is 10.2 Å². The van der Waals surface area contributed by atoms with Crippen molar-refractivity contribution in [1.82, 2.24) is 0 Å². The lowest BCUT2D eigenvalue weighted by Crippen LogP contribution is -2.19. The van der Waals surface area contributed by atoms with Crippen LogP contribution in [0.4, 0.5) is 0 Å². The van der Waals surface area contributed by atoms with Crippen LogP contribution in [0.3, 0.4) is 0 Å². The Kier molecular flexibility index (Phi) is 4.51. The van der Waals surface area contributed by atoms with Crippen LogP contribution >= 0.6 is 0 Å². The van der Waals surface area contributed by atoms with Crippen LogP contribution in [0, 0.1) is 5.92 Å². The number of carbonyl (C=O) groups is 2. The van der Waals surface area contributed by atoms with E-state index in [1.807, 2.05) is 0 Å². The lowest BCUT2D eigenvalue weighted by Gasteiger charge is -2.08. The average molecular weight is 184 g/mol. The maximum atomic E-state index is 10.6. The third-order valence-electron chi connectivity index (χ3n) is 1.60. The van der Waals surface area contributed by atoms with Gasteiger partial charge in [0.2, 0.25) is 0 Å². The van der Waals surface area contributed by atoms with Gasteiger partial charge in [0.15, 0.2) is 0 Å². The molecule has 0 aliphatic heterocycles. The Hall–Kier alpha value is -1.58. The minimum atomic E-state index is -1.27. The molecule has 0 saturated heterocycles. The molecule has 13 heavy (non-hydrogen) atoms. The Labute approximate surface area is 76.2 Å². The highest BCUT2D eigenvalue weighted by molar-refractivity contribution is 5.93. The lowest BCUT2D eigenvalue weighted by molar-refractivity contribution is -0.143. The van der Waals surface area contributed by atoms with Crippen LogP contribution in [0.1, 0.15) is 13.3 Å². The normalized spacial score (nSPS) is 12.7. The summed E-state index contributed by atoms with van der Waals surface area (Å²) in [6.45, 7) is 4.95. The third kappa shape index (κ3) is 3.55. The Morgan fingerprint density at radius 3 is 2.31 bits per heavy atom. The monoisotopic (exact) mass is 184 g/mol. The minimum Gasteiger partial charge on any atom is -0.481 e. The fraction of sp³-hybridized carbons (Fsp3) is 0.333. The highest BCUT2D eigenvalue weighted by Gasteiger charge is 2.23. The summed E-state index contributed by atoms with van der Waals surface area (Å²) in [5.41, 5.74) is -0.286. The van der Waals surface area contributed by atoms with Gasteiger partial charge in [-0.2, -0.15) is 0 Å². The van der Waals surface area contributed by atoms with Crippen molar-refractivity contribution in [3.05, 3.63) is 24.3 Å².